The van der Waals surface area contributed by atoms with Crippen molar-refractivity contribution in [3.63, 3.8) is 0 Å². The van der Waals surface area contributed by atoms with Gasteiger partial charge in [0.2, 0.25) is 5.91 Å². The van der Waals surface area contributed by atoms with Crippen molar-refractivity contribution in [2.45, 2.75) is 20.8 Å². The molecule has 0 aliphatic carbocycles. The third kappa shape index (κ3) is 4.86. The van der Waals surface area contributed by atoms with Gasteiger partial charge < -0.3 is 15.9 Å². The smallest absolute Gasteiger partial charge is 0.224 e. The highest BCUT2D eigenvalue weighted by molar-refractivity contribution is 7.80. The molecule has 5 nitrogen and oxygen atoms in total. The Balaban J connectivity index is 2.48. The molecule has 4 N–H and O–H groups in total. The summed E-state index contributed by atoms with van der Waals surface area (Å²) in [5.41, 5.74) is 8.08. The Bertz CT molecular complexity index is 520. The first-order chi connectivity index (χ1) is 9.22. The van der Waals surface area contributed by atoms with E-state index in [2.05, 4.69) is 10.8 Å². The zero-order valence-corrected chi connectivity index (χ0v) is 13.2. The standard InChI is InChI=1S/C13H18ClN3O2S/c1-8-4-5-9(14)6-10(8)19-17-12(20)16-7-13(2,3)11(15)18/h4-6H,7H2,1-3H3,(H2,15,18)(H2,16,17,20). The Morgan fingerprint density at radius 3 is 2.75 bits per heavy atom. The lowest BCUT2D eigenvalue weighted by Crippen LogP contribution is -2.46. The number of amides is 1. The average Bonchev–Trinajstić information content (AvgIpc) is 2.37. The molecule has 1 amide bonds. The van der Waals surface area contributed by atoms with E-state index < -0.39 is 11.3 Å². The van der Waals surface area contributed by atoms with Crippen LogP contribution in [0.3, 0.4) is 0 Å². The number of thiocarbonyl (C=S) groups is 1. The van der Waals surface area contributed by atoms with Crippen LogP contribution in [0.1, 0.15) is 19.4 Å². The van der Waals surface area contributed by atoms with Crippen molar-refractivity contribution < 1.29 is 9.63 Å². The lowest BCUT2D eigenvalue weighted by atomic mass is 9.93. The van der Waals surface area contributed by atoms with E-state index in [1.807, 2.05) is 13.0 Å². The fourth-order valence-corrected chi connectivity index (χ4v) is 1.49. The number of hydroxylamine groups is 1. The Hall–Kier alpha value is -1.53. The molecule has 0 saturated carbocycles. The van der Waals surface area contributed by atoms with Crippen LogP contribution in [-0.2, 0) is 4.79 Å². The molecule has 0 aliphatic heterocycles. The number of nitrogens with one attached hydrogen (secondary N) is 2. The molecular formula is C13H18ClN3O2S. The van der Waals surface area contributed by atoms with E-state index in [0.29, 0.717) is 17.3 Å². The molecular weight excluding hydrogens is 298 g/mol. The van der Waals surface area contributed by atoms with Gasteiger partial charge in [-0.15, -0.1) is 0 Å². The first-order valence-corrected chi connectivity index (χ1v) is 6.78. The monoisotopic (exact) mass is 315 g/mol. The number of rotatable bonds is 5. The third-order valence-electron chi connectivity index (χ3n) is 2.76. The molecule has 1 aromatic carbocycles. The van der Waals surface area contributed by atoms with Gasteiger partial charge in [-0.25, -0.2) is 0 Å². The molecule has 0 spiro atoms. The molecule has 1 rings (SSSR count). The van der Waals surface area contributed by atoms with Gasteiger partial charge in [-0.3, -0.25) is 4.79 Å². The van der Waals surface area contributed by atoms with Crippen molar-refractivity contribution in [1.82, 2.24) is 10.8 Å². The van der Waals surface area contributed by atoms with Crippen LogP contribution in [0.15, 0.2) is 18.2 Å². The molecule has 0 fully saturated rings. The normalized spacial score (nSPS) is 10.8. The van der Waals surface area contributed by atoms with Crippen molar-refractivity contribution in [2.24, 2.45) is 11.1 Å². The van der Waals surface area contributed by atoms with Crippen LogP contribution in [0.2, 0.25) is 5.02 Å². The highest BCUT2D eigenvalue weighted by Gasteiger charge is 2.24. The van der Waals surface area contributed by atoms with Crippen LogP contribution in [0.25, 0.3) is 0 Å². The predicted molar refractivity (Wildman–Crippen MR) is 83.5 cm³/mol. The number of primary amides is 1. The number of aryl methyl sites for hydroxylation is 1. The number of hydrogen-bond acceptors (Lipinski definition) is 3. The van der Waals surface area contributed by atoms with Crippen LogP contribution in [0.5, 0.6) is 5.75 Å². The summed E-state index contributed by atoms with van der Waals surface area (Å²) in [6.45, 7) is 5.66. The molecule has 0 atom stereocenters. The molecule has 0 aromatic heterocycles. The van der Waals surface area contributed by atoms with Crippen molar-refractivity contribution in [3.05, 3.63) is 28.8 Å². The SMILES string of the molecule is Cc1ccc(Cl)cc1ONC(=S)NCC(C)(C)C(N)=O. The van der Waals surface area contributed by atoms with Crippen LogP contribution in [0.4, 0.5) is 0 Å². The average molecular weight is 316 g/mol. The van der Waals surface area contributed by atoms with Gasteiger partial charge in [0.25, 0.3) is 0 Å². The van der Waals surface area contributed by atoms with Crippen molar-refractivity contribution >= 4 is 34.8 Å². The van der Waals surface area contributed by atoms with Gasteiger partial charge in [0.1, 0.15) is 0 Å². The van der Waals surface area contributed by atoms with Crippen LogP contribution >= 0.6 is 23.8 Å². The van der Waals surface area contributed by atoms with Gasteiger partial charge in [-0.1, -0.05) is 17.7 Å². The molecule has 0 saturated heterocycles. The number of carbonyl (C=O) groups excluding carboxylic acids is 1. The Morgan fingerprint density at radius 1 is 1.50 bits per heavy atom. The zero-order chi connectivity index (χ0) is 15.3. The summed E-state index contributed by atoms with van der Waals surface area (Å²) in [5, 5.41) is 3.70. The fraction of sp³-hybridized carbons (Fsp3) is 0.385. The summed E-state index contributed by atoms with van der Waals surface area (Å²) in [4.78, 5) is 16.5. The minimum atomic E-state index is -0.697. The molecule has 20 heavy (non-hydrogen) atoms. The van der Waals surface area contributed by atoms with E-state index in [-0.39, 0.29) is 5.11 Å². The summed E-state index contributed by atoms with van der Waals surface area (Å²) in [6.07, 6.45) is 0. The molecule has 7 heteroatoms. The van der Waals surface area contributed by atoms with Crippen molar-refractivity contribution in [1.29, 1.82) is 0 Å². The Kier molecular flexibility index (Phi) is 5.59. The van der Waals surface area contributed by atoms with Gasteiger partial charge in [-0.05, 0) is 44.6 Å². The van der Waals surface area contributed by atoms with Crippen molar-refractivity contribution in [3.8, 4) is 5.75 Å². The van der Waals surface area contributed by atoms with Gasteiger partial charge in [0, 0.05) is 17.6 Å². The van der Waals surface area contributed by atoms with Crippen LogP contribution in [-0.4, -0.2) is 17.6 Å². The summed E-state index contributed by atoms with van der Waals surface area (Å²) in [6, 6.07) is 5.29. The number of nitrogens with two attached hydrogens (primary N) is 1. The van der Waals surface area contributed by atoms with Crippen LogP contribution in [0, 0.1) is 12.3 Å². The van der Waals surface area contributed by atoms with E-state index in [1.165, 1.54) is 0 Å². The van der Waals surface area contributed by atoms with Gasteiger partial charge in [0.05, 0.1) is 5.41 Å². The molecule has 0 aliphatic rings. The topological polar surface area (TPSA) is 76.4 Å². The lowest BCUT2D eigenvalue weighted by molar-refractivity contribution is -0.125. The van der Waals surface area contributed by atoms with E-state index in [4.69, 9.17) is 34.4 Å². The number of halogens is 1. The summed E-state index contributed by atoms with van der Waals surface area (Å²) in [7, 11) is 0. The lowest BCUT2D eigenvalue weighted by Gasteiger charge is -2.22. The van der Waals surface area contributed by atoms with Gasteiger partial charge in [-0.2, -0.15) is 5.48 Å². The largest absolute Gasteiger partial charge is 0.380 e. The highest BCUT2D eigenvalue weighted by atomic mass is 35.5. The number of benzene rings is 1. The molecule has 110 valence electrons. The summed E-state index contributed by atoms with van der Waals surface area (Å²) < 4.78 is 0. The first-order valence-electron chi connectivity index (χ1n) is 5.99. The minimum absolute atomic E-state index is 0.263. The molecule has 0 bridgehead atoms. The highest BCUT2D eigenvalue weighted by Crippen LogP contribution is 2.21. The van der Waals surface area contributed by atoms with Crippen LogP contribution < -0.4 is 21.4 Å². The Labute approximate surface area is 128 Å². The minimum Gasteiger partial charge on any atom is -0.380 e. The summed E-state index contributed by atoms with van der Waals surface area (Å²) in [5.74, 6) is 0.176. The maximum absolute atomic E-state index is 11.2. The fourth-order valence-electron chi connectivity index (χ4n) is 1.21. The second-order valence-corrected chi connectivity index (χ2v) is 5.89. The van der Waals surface area contributed by atoms with E-state index in [9.17, 15) is 4.79 Å². The molecule has 1 aromatic rings. The maximum atomic E-state index is 11.2. The third-order valence-corrected chi connectivity index (χ3v) is 3.22. The summed E-state index contributed by atoms with van der Waals surface area (Å²) >= 11 is 10.9. The molecule has 0 radical (unpaired) electrons. The number of carbonyl (C=O) groups is 1. The quantitative estimate of drug-likeness (QED) is 0.571. The molecule has 0 unspecified atom stereocenters. The van der Waals surface area contributed by atoms with Gasteiger partial charge >= 0.3 is 0 Å². The zero-order valence-electron chi connectivity index (χ0n) is 11.6. The van der Waals surface area contributed by atoms with E-state index in [0.717, 1.165) is 5.56 Å². The second kappa shape index (κ2) is 6.76. The predicted octanol–water partition coefficient (Wildman–Crippen LogP) is 1.92. The maximum Gasteiger partial charge on any atom is 0.224 e. The number of hydrogen-bond donors (Lipinski definition) is 3. The first kappa shape index (κ1) is 16.5. The van der Waals surface area contributed by atoms with E-state index in [1.54, 1.807) is 26.0 Å². The second-order valence-electron chi connectivity index (χ2n) is 5.04. The Morgan fingerprint density at radius 2 is 2.15 bits per heavy atom. The van der Waals surface area contributed by atoms with Crippen molar-refractivity contribution in [2.75, 3.05) is 6.54 Å². The van der Waals surface area contributed by atoms with Gasteiger partial charge in [0.15, 0.2) is 10.9 Å². The van der Waals surface area contributed by atoms with E-state index >= 15 is 0 Å². The molecule has 0 heterocycles.